The number of nitrogens with one attached hydrogen (secondary N) is 1. The first-order chi connectivity index (χ1) is 15.2. The number of carbonyl (C=O) groups excluding carboxylic acids is 1. The fourth-order valence-corrected chi connectivity index (χ4v) is 4.20. The maximum absolute atomic E-state index is 13.6. The van der Waals surface area contributed by atoms with Crippen molar-refractivity contribution in [1.82, 2.24) is 20.1 Å². The molecule has 1 unspecified atom stereocenters. The van der Waals surface area contributed by atoms with Gasteiger partial charge in [-0.05, 0) is 31.9 Å². The molecule has 31 heavy (non-hydrogen) atoms. The summed E-state index contributed by atoms with van der Waals surface area (Å²) in [6.45, 7) is 3.81. The molecule has 2 aliphatic heterocycles. The molecule has 0 saturated carbocycles. The summed E-state index contributed by atoms with van der Waals surface area (Å²) in [7, 11) is 0. The number of benzene rings is 1. The van der Waals surface area contributed by atoms with Crippen LogP contribution in [0.1, 0.15) is 36.0 Å². The molecule has 2 N–H and O–H groups in total. The first-order valence-electron chi connectivity index (χ1n) is 10.4. The van der Waals surface area contributed by atoms with Gasteiger partial charge in [-0.2, -0.15) is 9.97 Å². The summed E-state index contributed by atoms with van der Waals surface area (Å²) < 4.78 is 5.01. The highest BCUT2D eigenvalue weighted by atomic mass is 16.5. The second-order valence-electron chi connectivity index (χ2n) is 7.59. The van der Waals surface area contributed by atoms with E-state index in [9.17, 15) is 9.90 Å². The molecule has 1 saturated heterocycles. The Morgan fingerprint density at radius 1 is 1.32 bits per heavy atom. The van der Waals surface area contributed by atoms with Gasteiger partial charge in [0, 0.05) is 43.1 Å². The fourth-order valence-electron chi connectivity index (χ4n) is 4.20. The molecule has 10 nitrogen and oxygen atoms in total. The molecule has 0 spiro atoms. The van der Waals surface area contributed by atoms with E-state index in [1.807, 2.05) is 31.2 Å². The molecule has 1 aromatic carbocycles. The van der Waals surface area contributed by atoms with Gasteiger partial charge in [0.2, 0.25) is 11.8 Å². The van der Waals surface area contributed by atoms with Crippen LogP contribution in [0.25, 0.3) is 11.4 Å². The first-order valence-corrected chi connectivity index (χ1v) is 10.4. The van der Waals surface area contributed by atoms with Crippen LogP contribution in [-0.2, 0) is 6.61 Å². The Labute approximate surface area is 178 Å². The third-order valence-corrected chi connectivity index (χ3v) is 5.64. The lowest BCUT2D eigenvalue weighted by atomic mass is 10.1. The predicted octanol–water partition coefficient (Wildman–Crippen LogP) is 2.08. The Bertz CT molecular complexity index is 1120. The average molecular weight is 421 g/mol. The zero-order valence-electron chi connectivity index (χ0n) is 17.2. The highest BCUT2D eigenvalue weighted by Gasteiger charge is 2.37. The minimum Gasteiger partial charge on any atom is -0.387 e. The van der Waals surface area contributed by atoms with Crippen LogP contribution < -0.4 is 15.1 Å². The summed E-state index contributed by atoms with van der Waals surface area (Å²) in [5, 5.41) is 16.2. The molecule has 0 bridgehead atoms. The Kier molecular flexibility index (Phi) is 4.99. The molecule has 1 fully saturated rings. The van der Waals surface area contributed by atoms with Crippen molar-refractivity contribution in [2.45, 2.75) is 32.4 Å². The lowest BCUT2D eigenvalue weighted by Gasteiger charge is -2.27. The van der Waals surface area contributed by atoms with E-state index < -0.39 is 0 Å². The molecule has 1 atom stereocenters. The van der Waals surface area contributed by atoms with Crippen molar-refractivity contribution in [3.8, 4) is 11.4 Å². The number of aliphatic hydroxyl groups is 1. The van der Waals surface area contributed by atoms with Crippen LogP contribution in [0.4, 0.5) is 17.5 Å². The number of anilines is 3. The van der Waals surface area contributed by atoms with E-state index in [0.717, 1.165) is 25.1 Å². The van der Waals surface area contributed by atoms with Crippen molar-refractivity contribution >= 4 is 23.4 Å². The van der Waals surface area contributed by atoms with Gasteiger partial charge in [-0.3, -0.25) is 4.79 Å². The largest absolute Gasteiger partial charge is 0.387 e. The van der Waals surface area contributed by atoms with Gasteiger partial charge in [-0.1, -0.05) is 17.3 Å². The minimum atomic E-state index is -0.319. The Morgan fingerprint density at radius 3 is 3.03 bits per heavy atom. The number of amides is 1. The molecular weight excluding hydrogens is 398 g/mol. The van der Waals surface area contributed by atoms with E-state index in [-0.39, 0.29) is 24.4 Å². The zero-order chi connectivity index (χ0) is 21.4. The van der Waals surface area contributed by atoms with E-state index >= 15 is 0 Å². The number of rotatable bonds is 5. The van der Waals surface area contributed by atoms with Crippen LogP contribution in [0.2, 0.25) is 0 Å². The predicted molar refractivity (Wildman–Crippen MR) is 114 cm³/mol. The average Bonchev–Trinajstić information content (AvgIpc) is 3.45. The number of hydrogen-bond acceptors (Lipinski definition) is 9. The van der Waals surface area contributed by atoms with Crippen LogP contribution in [0.5, 0.6) is 0 Å². The molecule has 2 aromatic heterocycles. The number of fused-ring (bicyclic) bond motifs is 3. The van der Waals surface area contributed by atoms with Crippen molar-refractivity contribution in [3.05, 3.63) is 41.9 Å². The SMILES string of the molecule is CCNc1ncc2c(n1)N1CCCC1CN(c1cccc(-c3noc(CO)n3)c1)C2=O. The van der Waals surface area contributed by atoms with Crippen LogP contribution >= 0.6 is 0 Å². The molecule has 160 valence electrons. The number of carbonyl (C=O) groups is 1. The fraction of sp³-hybridized carbons (Fsp3) is 0.381. The lowest BCUT2D eigenvalue weighted by Crippen LogP contribution is -2.39. The topological polar surface area (TPSA) is 121 Å². The minimum absolute atomic E-state index is 0.131. The summed E-state index contributed by atoms with van der Waals surface area (Å²) in [4.78, 5) is 30.7. The summed E-state index contributed by atoms with van der Waals surface area (Å²) >= 11 is 0. The number of aromatic nitrogens is 4. The van der Waals surface area contributed by atoms with Crippen LogP contribution in [0.3, 0.4) is 0 Å². The normalized spacial score (nSPS) is 18.0. The van der Waals surface area contributed by atoms with Gasteiger partial charge in [0.1, 0.15) is 18.0 Å². The van der Waals surface area contributed by atoms with Gasteiger partial charge in [-0.25, -0.2) is 4.98 Å². The van der Waals surface area contributed by atoms with Gasteiger partial charge in [0.15, 0.2) is 0 Å². The summed E-state index contributed by atoms with van der Waals surface area (Å²) in [6.07, 6.45) is 3.67. The molecule has 2 aliphatic rings. The van der Waals surface area contributed by atoms with E-state index in [4.69, 9.17) is 4.52 Å². The highest BCUT2D eigenvalue weighted by Crippen LogP contribution is 2.34. The number of nitrogens with zero attached hydrogens (tertiary/aromatic N) is 6. The zero-order valence-corrected chi connectivity index (χ0v) is 17.2. The Morgan fingerprint density at radius 2 is 2.23 bits per heavy atom. The molecule has 3 aromatic rings. The van der Waals surface area contributed by atoms with Gasteiger partial charge >= 0.3 is 0 Å². The molecule has 5 rings (SSSR count). The van der Waals surface area contributed by atoms with Crippen molar-refractivity contribution < 1.29 is 14.4 Å². The number of hydrogen-bond donors (Lipinski definition) is 2. The second kappa shape index (κ2) is 7.95. The smallest absolute Gasteiger partial charge is 0.263 e. The van der Waals surface area contributed by atoms with Crippen molar-refractivity contribution in [2.24, 2.45) is 0 Å². The van der Waals surface area contributed by atoms with Crippen molar-refractivity contribution in [3.63, 3.8) is 0 Å². The van der Waals surface area contributed by atoms with Gasteiger partial charge < -0.3 is 24.7 Å². The number of aliphatic hydroxyl groups excluding tert-OH is 1. The van der Waals surface area contributed by atoms with E-state index in [1.54, 1.807) is 11.1 Å². The van der Waals surface area contributed by atoms with E-state index in [1.165, 1.54) is 0 Å². The third kappa shape index (κ3) is 3.48. The summed E-state index contributed by atoms with van der Waals surface area (Å²) in [5.74, 6) is 1.62. The molecule has 4 heterocycles. The first kappa shape index (κ1) is 19.4. The lowest BCUT2D eigenvalue weighted by molar-refractivity contribution is 0.0988. The summed E-state index contributed by atoms with van der Waals surface area (Å²) in [5.41, 5.74) is 1.95. The van der Waals surface area contributed by atoms with Gasteiger partial charge in [0.05, 0.1) is 0 Å². The Hall–Kier alpha value is -3.53. The molecule has 10 heteroatoms. The molecule has 0 radical (unpaired) electrons. The Balaban J connectivity index is 1.54. The third-order valence-electron chi connectivity index (χ3n) is 5.64. The van der Waals surface area contributed by atoms with Crippen LogP contribution in [-0.4, -0.2) is 56.8 Å². The van der Waals surface area contributed by atoms with Crippen molar-refractivity contribution in [2.75, 3.05) is 34.8 Å². The molecule has 1 amide bonds. The van der Waals surface area contributed by atoms with E-state index in [2.05, 4.69) is 30.3 Å². The maximum atomic E-state index is 13.6. The van der Waals surface area contributed by atoms with E-state index in [0.29, 0.717) is 41.8 Å². The van der Waals surface area contributed by atoms with Gasteiger partial charge in [0.25, 0.3) is 11.8 Å². The van der Waals surface area contributed by atoms with Crippen molar-refractivity contribution in [1.29, 1.82) is 0 Å². The molecular formula is C21H23N7O3. The highest BCUT2D eigenvalue weighted by molar-refractivity contribution is 6.10. The van der Waals surface area contributed by atoms with Crippen LogP contribution in [0, 0.1) is 0 Å². The quantitative estimate of drug-likeness (QED) is 0.638. The van der Waals surface area contributed by atoms with Gasteiger partial charge in [-0.15, -0.1) is 0 Å². The maximum Gasteiger partial charge on any atom is 0.263 e. The summed E-state index contributed by atoms with van der Waals surface area (Å²) in [6, 6.07) is 7.65. The monoisotopic (exact) mass is 421 g/mol. The van der Waals surface area contributed by atoms with Crippen LogP contribution in [0.15, 0.2) is 35.0 Å². The second-order valence-corrected chi connectivity index (χ2v) is 7.59. The molecule has 0 aliphatic carbocycles. The standard InChI is InChI=1S/C21H23N7O3/c1-2-22-21-23-10-16-19(25-21)27-8-4-7-15(27)11-28(20(16)30)14-6-3-5-13(9-14)18-24-17(12-29)31-26-18/h3,5-6,9-10,15,29H,2,4,7-8,11-12H2,1H3,(H,22,23,25).